The maximum absolute atomic E-state index is 5.99. The van der Waals surface area contributed by atoms with E-state index in [-0.39, 0.29) is 0 Å². The molecule has 2 rings (SSSR count). The molecule has 0 aromatic rings. The molecule has 2 saturated carbocycles. The minimum Gasteiger partial charge on any atom is -0.378 e. The lowest BCUT2D eigenvalue weighted by molar-refractivity contribution is -0.0109. The highest BCUT2D eigenvalue weighted by Crippen LogP contribution is 2.26. The predicted octanol–water partition coefficient (Wildman–Crippen LogP) is 1.66. The Balaban J connectivity index is 1.55. The minimum atomic E-state index is 0.457. The Morgan fingerprint density at radius 3 is 2.75 bits per heavy atom. The van der Waals surface area contributed by atoms with Crippen LogP contribution in [0.1, 0.15) is 45.4 Å². The second-order valence-electron chi connectivity index (χ2n) is 5.45. The number of nitrogens with one attached hydrogen (secondary N) is 1. The summed E-state index contributed by atoms with van der Waals surface area (Å²) in [6.07, 6.45) is 8.05. The first-order chi connectivity index (χ1) is 7.78. The van der Waals surface area contributed by atoms with Crippen LogP contribution in [0.5, 0.6) is 0 Å². The Labute approximate surface area is 99.1 Å². The lowest BCUT2D eigenvalue weighted by Gasteiger charge is -2.37. The van der Waals surface area contributed by atoms with E-state index in [0.717, 1.165) is 19.1 Å². The molecule has 2 atom stereocenters. The van der Waals surface area contributed by atoms with E-state index in [1.165, 1.54) is 38.5 Å². The maximum atomic E-state index is 5.99. The number of hydrogen-bond acceptors (Lipinski definition) is 3. The van der Waals surface area contributed by atoms with E-state index in [0.29, 0.717) is 18.2 Å². The average Bonchev–Trinajstić information content (AvgIpc) is 2.21. The van der Waals surface area contributed by atoms with Crippen molar-refractivity contribution >= 4 is 0 Å². The highest BCUT2D eigenvalue weighted by atomic mass is 16.5. The fourth-order valence-electron chi connectivity index (χ4n) is 2.96. The van der Waals surface area contributed by atoms with Gasteiger partial charge >= 0.3 is 0 Å². The molecule has 0 aliphatic heterocycles. The van der Waals surface area contributed by atoms with E-state index < -0.39 is 0 Å². The van der Waals surface area contributed by atoms with E-state index in [9.17, 15) is 0 Å². The van der Waals surface area contributed by atoms with Crippen LogP contribution in [0.4, 0.5) is 0 Å². The Morgan fingerprint density at radius 1 is 1.25 bits per heavy atom. The molecule has 0 radical (unpaired) electrons. The molecule has 2 unspecified atom stereocenters. The van der Waals surface area contributed by atoms with E-state index in [1.807, 2.05) is 0 Å². The van der Waals surface area contributed by atoms with Gasteiger partial charge in [-0.15, -0.1) is 0 Å². The van der Waals surface area contributed by atoms with Gasteiger partial charge in [0.05, 0.1) is 6.10 Å². The highest BCUT2D eigenvalue weighted by molar-refractivity contribution is 4.87. The molecule has 3 heteroatoms. The van der Waals surface area contributed by atoms with Crippen LogP contribution >= 0.6 is 0 Å². The average molecular weight is 226 g/mol. The molecular formula is C13H26N2O. The van der Waals surface area contributed by atoms with Crippen molar-refractivity contribution in [1.82, 2.24) is 5.32 Å². The van der Waals surface area contributed by atoms with Crippen molar-refractivity contribution < 1.29 is 4.74 Å². The van der Waals surface area contributed by atoms with Gasteiger partial charge < -0.3 is 15.8 Å². The van der Waals surface area contributed by atoms with Crippen molar-refractivity contribution in [2.75, 3.05) is 13.2 Å². The number of hydrogen-bond donors (Lipinski definition) is 2. The summed E-state index contributed by atoms with van der Waals surface area (Å²) in [5, 5.41) is 3.66. The summed E-state index contributed by atoms with van der Waals surface area (Å²) in [7, 11) is 0. The Morgan fingerprint density at radius 2 is 2.06 bits per heavy atom. The molecule has 3 nitrogen and oxygen atoms in total. The fourth-order valence-corrected chi connectivity index (χ4v) is 2.96. The molecule has 2 aliphatic rings. The number of nitrogens with two attached hydrogens (primary N) is 1. The van der Waals surface area contributed by atoms with E-state index >= 15 is 0 Å². The van der Waals surface area contributed by atoms with E-state index in [1.54, 1.807) is 0 Å². The maximum Gasteiger partial charge on any atom is 0.0604 e. The van der Waals surface area contributed by atoms with Gasteiger partial charge in [0.1, 0.15) is 0 Å². The minimum absolute atomic E-state index is 0.457. The zero-order chi connectivity index (χ0) is 11.4. The normalized spacial score (nSPS) is 39.4. The summed E-state index contributed by atoms with van der Waals surface area (Å²) in [4.78, 5) is 0. The summed E-state index contributed by atoms with van der Waals surface area (Å²) in [6, 6.07) is 1.16. The molecule has 0 heterocycles. The van der Waals surface area contributed by atoms with Crippen molar-refractivity contribution in [3.63, 3.8) is 0 Å². The van der Waals surface area contributed by atoms with Gasteiger partial charge in [-0.1, -0.05) is 6.42 Å². The predicted molar refractivity (Wildman–Crippen MR) is 66.4 cm³/mol. The largest absolute Gasteiger partial charge is 0.378 e. The first-order valence-electron chi connectivity index (χ1n) is 6.88. The third kappa shape index (κ3) is 3.44. The lowest BCUT2D eigenvalue weighted by atomic mass is 9.84. The molecular weight excluding hydrogens is 200 g/mol. The van der Waals surface area contributed by atoms with Crippen LogP contribution in [0.25, 0.3) is 0 Å². The molecule has 0 bridgehead atoms. The van der Waals surface area contributed by atoms with E-state index in [2.05, 4.69) is 12.2 Å². The number of rotatable bonds is 5. The Kier molecular flexibility index (Phi) is 4.62. The van der Waals surface area contributed by atoms with Gasteiger partial charge in [-0.2, -0.15) is 0 Å². The smallest absolute Gasteiger partial charge is 0.0604 e. The fraction of sp³-hybridized carbons (Fsp3) is 1.00. The van der Waals surface area contributed by atoms with Crippen molar-refractivity contribution in [2.45, 2.75) is 63.6 Å². The van der Waals surface area contributed by atoms with Gasteiger partial charge in [-0.3, -0.25) is 0 Å². The topological polar surface area (TPSA) is 47.3 Å². The van der Waals surface area contributed by atoms with Crippen molar-refractivity contribution in [1.29, 1.82) is 0 Å². The Hall–Kier alpha value is -0.120. The van der Waals surface area contributed by atoms with Gasteiger partial charge in [0.15, 0.2) is 0 Å². The molecule has 0 amide bonds. The first kappa shape index (κ1) is 12.3. The van der Waals surface area contributed by atoms with Crippen molar-refractivity contribution in [3.8, 4) is 0 Å². The van der Waals surface area contributed by atoms with Crippen LogP contribution in [-0.4, -0.2) is 31.3 Å². The molecule has 3 N–H and O–H groups in total. The zero-order valence-corrected chi connectivity index (χ0v) is 10.5. The van der Waals surface area contributed by atoms with Gasteiger partial charge in [-0.05, 0) is 51.5 Å². The monoisotopic (exact) mass is 226 g/mol. The van der Waals surface area contributed by atoms with Crippen LogP contribution in [0.15, 0.2) is 0 Å². The van der Waals surface area contributed by atoms with Crippen molar-refractivity contribution in [2.24, 2.45) is 11.7 Å². The van der Waals surface area contributed by atoms with Gasteiger partial charge in [0.2, 0.25) is 0 Å². The van der Waals surface area contributed by atoms with Gasteiger partial charge in [0, 0.05) is 18.7 Å². The summed E-state index contributed by atoms with van der Waals surface area (Å²) in [5.74, 6) is 0.815. The highest BCUT2D eigenvalue weighted by Gasteiger charge is 2.30. The molecule has 0 aromatic heterocycles. The molecule has 2 aliphatic carbocycles. The summed E-state index contributed by atoms with van der Waals surface area (Å²) in [5.41, 5.74) is 5.99. The summed E-state index contributed by atoms with van der Waals surface area (Å²) >= 11 is 0. The molecule has 0 aromatic carbocycles. The second-order valence-corrected chi connectivity index (χ2v) is 5.45. The van der Waals surface area contributed by atoms with Crippen LogP contribution in [-0.2, 0) is 4.74 Å². The first-order valence-corrected chi connectivity index (χ1v) is 6.88. The standard InChI is InChI=1S/C13H26N2O/c1-2-16-13-7-12(8-13)15-9-10-4-3-5-11(14)6-10/h10-13,15H,2-9,14H2,1H3. The van der Waals surface area contributed by atoms with Gasteiger partial charge in [-0.25, -0.2) is 0 Å². The van der Waals surface area contributed by atoms with Gasteiger partial charge in [0.25, 0.3) is 0 Å². The quantitative estimate of drug-likeness (QED) is 0.749. The van der Waals surface area contributed by atoms with Crippen LogP contribution < -0.4 is 11.1 Å². The second kappa shape index (κ2) is 5.99. The number of ether oxygens (including phenoxy) is 1. The van der Waals surface area contributed by atoms with Crippen LogP contribution in [0.2, 0.25) is 0 Å². The van der Waals surface area contributed by atoms with Crippen LogP contribution in [0.3, 0.4) is 0 Å². The third-order valence-electron chi connectivity index (χ3n) is 4.02. The summed E-state index contributed by atoms with van der Waals surface area (Å²) in [6.45, 7) is 4.09. The van der Waals surface area contributed by atoms with Crippen LogP contribution in [0, 0.1) is 5.92 Å². The molecule has 16 heavy (non-hydrogen) atoms. The van der Waals surface area contributed by atoms with Crippen molar-refractivity contribution in [3.05, 3.63) is 0 Å². The molecule has 0 spiro atoms. The summed E-state index contributed by atoms with van der Waals surface area (Å²) < 4.78 is 5.56. The lowest BCUT2D eigenvalue weighted by Crippen LogP contribution is -2.47. The Bertz CT molecular complexity index is 204. The zero-order valence-electron chi connectivity index (χ0n) is 10.5. The molecule has 2 fully saturated rings. The van der Waals surface area contributed by atoms with E-state index in [4.69, 9.17) is 10.5 Å². The molecule has 0 saturated heterocycles. The molecule has 94 valence electrons. The third-order valence-corrected chi connectivity index (χ3v) is 4.02. The SMILES string of the molecule is CCOC1CC(NCC2CCCC(N)C2)C1.